The largest absolute Gasteiger partial charge is 0.490 e. The van der Waals surface area contributed by atoms with Crippen molar-refractivity contribution in [3.05, 3.63) is 54.1 Å². The molecular formula is C42H57F3N8O9. The number of nitrogens with zero attached hydrogens (tertiary/aromatic N) is 2. The number of nitrogens with two attached hydrogens (primary N) is 1. The molecule has 3 atom stereocenters. The summed E-state index contributed by atoms with van der Waals surface area (Å²) >= 11 is 0. The Morgan fingerprint density at radius 3 is 2.06 bits per heavy atom. The maximum absolute atomic E-state index is 13.8. The lowest BCUT2D eigenvalue weighted by Gasteiger charge is -2.33. The van der Waals surface area contributed by atoms with E-state index < -0.39 is 53.9 Å². The van der Waals surface area contributed by atoms with Gasteiger partial charge in [-0.25, -0.2) is 4.79 Å². The van der Waals surface area contributed by atoms with Crippen molar-refractivity contribution in [2.45, 2.75) is 103 Å². The molecule has 0 saturated carbocycles. The van der Waals surface area contributed by atoms with Crippen molar-refractivity contribution in [1.82, 2.24) is 26.2 Å². The van der Waals surface area contributed by atoms with Crippen LogP contribution in [0.1, 0.15) is 89.4 Å². The second-order valence-corrected chi connectivity index (χ2v) is 15.7. The van der Waals surface area contributed by atoms with E-state index in [2.05, 4.69) is 31.5 Å². The van der Waals surface area contributed by atoms with Gasteiger partial charge in [0, 0.05) is 19.9 Å². The average molecular weight is 875 g/mol. The zero-order valence-corrected chi connectivity index (χ0v) is 35.3. The number of aliphatic carboxylic acids is 1. The van der Waals surface area contributed by atoms with Crippen LogP contribution in [0.25, 0.3) is 0 Å². The summed E-state index contributed by atoms with van der Waals surface area (Å²) in [6.07, 6.45) is -0.203. The van der Waals surface area contributed by atoms with Gasteiger partial charge in [0.1, 0.15) is 18.1 Å². The number of anilines is 3. The number of carbonyl (C=O) groups is 8. The molecular weight excluding hydrogens is 818 g/mol. The van der Waals surface area contributed by atoms with Crippen LogP contribution in [-0.2, 0) is 33.6 Å². The summed E-state index contributed by atoms with van der Waals surface area (Å²) in [5.74, 6) is -5.05. The number of nitrogens with one attached hydrogen (secondary N) is 5. The summed E-state index contributed by atoms with van der Waals surface area (Å²) in [6, 6.07) is 11.6. The molecule has 2 aliphatic heterocycles. The molecule has 2 aromatic rings. The quantitative estimate of drug-likeness (QED) is 0.108. The fourth-order valence-electron chi connectivity index (χ4n) is 6.99. The topological polar surface area (TPSA) is 249 Å². The Kier molecular flexibility index (Phi) is 19.3. The number of fused-ring (bicyclic) bond motifs is 2. The number of likely N-dealkylation sites (tertiary alicyclic amines) is 1. The van der Waals surface area contributed by atoms with E-state index in [0.29, 0.717) is 41.5 Å². The standard InChI is InChI=1S/C40H56N8O7.C2HF3O2/c1-25(2)23-32(46-37(52)26(3)43-40(55)31(44-27(4)49)16-17-35(41)50)39(54)42-20-10-9-11-28-18-21-47(22-19-28)24-36(51)48-33-14-7-5-12-29(33)38(53)45-30-13-6-8-15-34(30)48;3-2(4,5)1(6)7/h5-8,12-15,25-26,28,31-32H,9-11,16-24H2,1-4H3,(H2,41,50)(H,42,54)(H,43,55)(H,44,49)(H,45,53)(H,46,52);(H,6,7)/t26-,31-,32-;/m0./s1. The van der Waals surface area contributed by atoms with Gasteiger partial charge >= 0.3 is 12.1 Å². The summed E-state index contributed by atoms with van der Waals surface area (Å²) in [5, 5.41) is 20.8. The molecule has 1 fully saturated rings. The van der Waals surface area contributed by atoms with Crippen LogP contribution in [0.3, 0.4) is 0 Å². The van der Waals surface area contributed by atoms with E-state index in [9.17, 15) is 46.7 Å². The molecule has 2 aromatic carbocycles. The third-order valence-electron chi connectivity index (χ3n) is 10.1. The van der Waals surface area contributed by atoms with Crippen molar-refractivity contribution >= 4 is 64.4 Å². The number of carboxylic acid groups (broad SMARTS) is 1. The van der Waals surface area contributed by atoms with Gasteiger partial charge in [0.2, 0.25) is 35.4 Å². The molecule has 62 heavy (non-hydrogen) atoms. The Morgan fingerprint density at radius 1 is 0.855 bits per heavy atom. The molecule has 2 heterocycles. The maximum atomic E-state index is 13.8. The molecule has 8 N–H and O–H groups in total. The van der Waals surface area contributed by atoms with E-state index in [1.54, 1.807) is 29.2 Å². The first-order valence-electron chi connectivity index (χ1n) is 20.5. The van der Waals surface area contributed by atoms with Crippen LogP contribution < -0.4 is 37.2 Å². The molecule has 1 saturated heterocycles. The third-order valence-corrected chi connectivity index (χ3v) is 10.1. The lowest BCUT2D eigenvalue weighted by Crippen LogP contribution is -2.56. The van der Waals surface area contributed by atoms with Crippen LogP contribution in [-0.4, -0.2) is 108 Å². The van der Waals surface area contributed by atoms with Gasteiger partial charge in [-0.3, -0.25) is 43.4 Å². The number of hydrogen-bond donors (Lipinski definition) is 7. The van der Waals surface area contributed by atoms with Crippen molar-refractivity contribution in [3.8, 4) is 0 Å². The van der Waals surface area contributed by atoms with E-state index in [1.807, 2.05) is 38.1 Å². The Hall–Kier alpha value is -6.05. The van der Waals surface area contributed by atoms with Crippen LogP contribution in [0.4, 0.5) is 30.2 Å². The minimum atomic E-state index is -5.08. The fraction of sp³-hybridized carbons (Fsp3) is 0.524. The number of unbranched alkanes of at least 4 members (excludes halogenated alkanes) is 1. The van der Waals surface area contributed by atoms with E-state index in [-0.39, 0.29) is 43.0 Å². The van der Waals surface area contributed by atoms with Gasteiger partial charge in [-0.15, -0.1) is 0 Å². The summed E-state index contributed by atoms with van der Waals surface area (Å²) in [5.41, 5.74) is 7.45. The third kappa shape index (κ3) is 16.1. The van der Waals surface area contributed by atoms with Gasteiger partial charge in [0.15, 0.2) is 0 Å². The van der Waals surface area contributed by atoms with Gasteiger partial charge in [-0.05, 0) is 88.2 Å². The number of benzene rings is 2. The molecule has 4 rings (SSSR count). The lowest BCUT2D eigenvalue weighted by atomic mass is 9.91. The highest BCUT2D eigenvalue weighted by molar-refractivity contribution is 6.18. The number of rotatable bonds is 18. The van der Waals surface area contributed by atoms with Crippen molar-refractivity contribution in [1.29, 1.82) is 0 Å². The predicted octanol–water partition coefficient (Wildman–Crippen LogP) is 3.35. The minimum absolute atomic E-state index is 0.0126. The Balaban J connectivity index is 0.00000134. The zero-order valence-electron chi connectivity index (χ0n) is 35.3. The summed E-state index contributed by atoms with van der Waals surface area (Å²) in [7, 11) is 0. The molecule has 7 amide bonds. The van der Waals surface area contributed by atoms with Crippen molar-refractivity contribution in [2.24, 2.45) is 17.6 Å². The number of amides is 7. The second kappa shape index (κ2) is 23.8. The zero-order chi connectivity index (χ0) is 46.1. The lowest BCUT2D eigenvalue weighted by molar-refractivity contribution is -0.192. The molecule has 0 unspecified atom stereocenters. The Morgan fingerprint density at radius 2 is 1.47 bits per heavy atom. The number of alkyl halides is 3. The van der Waals surface area contributed by atoms with Gasteiger partial charge in [-0.1, -0.05) is 51.0 Å². The second-order valence-electron chi connectivity index (χ2n) is 15.7. The van der Waals surface area contributed by atoms with Gasteiger partial charge < -0.3 is 37.4 Å². The molecule has 0 radical (unpaired) electrons. The monoisotopic (exact) mass is 874 g/mol. The summed E-state index contributed by atoms with van der Waals surface area (Å²) in [6.45, 7) is 8.89. The molecule has 17 nitrogen and oxygen atoms in total. The highest BCUT2D eigenvalue weighted by Crippen LogP contribution is 2.38. The number of primary amides is 1. The molecule has 0 aliphatic carbocycles. The van der Waals surface area contributed by atoms with Crippen molar-refractivity contribution in [3.63, 3.8) is 0 Å². The number of carboxylic acids is 1. The molecule has 2 aliphatic rings. The Bertz CT molecular complexity index is 1920. The first-order valence-corrected chi connectivity index (χ1v) is 20.5. The van der Waals surface area contributed by atoms with E-state index in [0.717, 1.165) is 45.2 Å². The normalized spacial score (nSPS) is 15.5. The van der Waals surface area contributed by atoms with Crippen molar-refractivity contribution < 1.29 is 56.6 Å². The summed E-state index contributed by atoms with van der Waals surface area (Å²) in [4.78, 5) is 101. The number of para-hydroxylation sites is 3. The maximum Gasteiger partial charge on any atom is 0.490 e. The van der Waals surface area contributed by atoms with E-state index in [4.69, 9.17) is 15.6 Å². The van der Waals surface area contributed by atoms with Gasteiger partial charge in [0.05, 0.1) is 29.2 Å². The van der Waals surface area contributed by atoms with Crippen LogP contribution in [0.5, 0.6) is 0 Å². The number of halogens is 3. The molecule has 0 spiro atoms. The van der Waals surface area contributed by atoms with E-state index in [1.165, 1.54) is 13.8 Å². The summed E-state index contributed by atoms with van der Waals surface area (Å²) < 4.78 is 31.7. The minimum Gasteiger partial charge on any atom is -0.475 e. The SMILES string of the molecule is CC(=O)N[C@@H](CCC(N)=O)C(=O)N[C@@H](C)C(=O)N[C@@H](CC(C)C)C(=O)NCCCCC1CCN(CC(=O)N2c3ccccc3NC(=O)c3ccccc32)CC1.O=C(O)C(F)(F)F. The van der Waals surface area contributed by atoms with Crippen molar-refractivity contribution in [2.75, 3.05) is 36.4 Å². The van der Waals surface area contributed by atoms with Crippen LogP contribution in [0.15, 0.2) is 48.5 Å². The molecule has 340 valence electrons. The van der Waals surface area contributed by atoms with Gasteiger partial charge in [-0.2, -0.15) is 13.2 Å². The highest BCUT2D eigenvalue weighted by atomic mass is 19.4. The smallest absolute Gasteiger partial charge is 0.475 e. The molecule has 0 aromatic heterocycles. The van der Waals surface area contributed by atoms with Crippen LogP contribution in [0.2, 0.25) is 0 Å². The number of piperidine rings is 1. The fourth-order valence-corrected chi connectivity index (χ4v) is 6.99. The van der Waals surface area contributed by atoms with Crippen LogP contribution >= 0.6 is 0 Å². The van der Waals surface area contributed by atoms with Gasteiger partial charge in [0.25, 0.3) is 5.91 Å². The number of carbonyl (C=O) groups excluding carboxylic acids is 7. The Labute approximate surface area is 358 Å². The highest BCUT2D eigenvalue weighted by Gasteiger charge is 2.38. The van der Waals surface area contributed by atoms with Crippen LogP contribution in [0, 0.1) is 11.8 Å². The first-order chi connectivity index (χ1) is 29.2. The first kappa shape index (κ1) is 50.3. The van der Waals surface area contributed by atoms with E-state index >= 15 is 0 Å². The predicted molar refractivity (Wildman–Crippen MR) is 223 cm³/mol. The molecule has 20 heteroatoms. The number of hydrogen-bond acceptors (Lipinski definition) is 9. The molecule has 0 bridgehead atoms. The average Bonchev–Trinajstić information content (AvgIpc) is 3.32.